The highest BCUT2D eigenvalue weighted by atomic mass is 35.5. The van der Waals surface area contributed by atoms with Gasteiger partial charge in [-0.3, -0.25) is 4.99 Å². The van der Waals surface area contributed by atoms with Gasteiger partial charge >= 0.3 is 0 Å². The standard InChI is InChI=1S/C25H34Cl2FN5/c1-4-6-7-9-19(8-5-2)31-15-18(13-29)17-12-22(25(30)32-14-17)33-16(3)23-20(26)10-11-21(28)24(23)27/h10-16,19,33H,4-9,29H2,1-3H3,(H2,30,32). The molecule has 0 spiro atoms. The summed E-state index contributed by atoms with van der Waals surface area (Å²) in [6.45, 7) is 6.19. The Balaban J connectivity index is 2.24. The summed E-state index contributed by atoms with van der Waals surface area (Å²) in [5, 5.41) is 3.58. The maximum Gasteiger partial charge on any atom is 0.146 e. The van der Waals surface area contributed by atoms with Gasteiger partial charge in [0, 0.05) is 46.4 Å². The van der Waals surface area contributed by atoms with Crippen LogP contribution in [0, 0.1) is 5.82 Å². The molecule has 2 aromatic rings. The summed E-state index contributed by atoms with van der Waals surface area (Å²) in [7, 11) is 0. The van der Waals surface area contributed by atoms with E-state index in [0.29, 0.717) is 22.1 Å². The molecule has 0 aliphatic carbocycles. The predicted molar refractivity (Wildman–Crippen MR) is 141 cm³/mol. The molecule has 2 unspecified atom stereocenters. The van der Waals surface area contributed by atoms with Crippen LogP contribution in [-0.2, 0) is 0 Å². The first kappa shape index (κ1) is 26.9. The van der Waals surface area contributed by atoms with E-state index in [2.05, 4.69) is 24.1 Å². The number of pyridine rings is 1. The molecule has 0 amide bonds. The molecule has 1 aromatic heterocycles. The van der Waals surface area contributed by atoms with Crippen LogP contribution in [0.25, 0.3) is 5.57 Å². The molecule has 33 heavy (non-hydrogen) atoms. The highest BCUT2D eigenvalue weighted by Gasteiger charge is 2.18. The Bertz CT molecular complexity index is 978. The van der Waals surface area contributed by atoms with Crippen molar-refractivity contribution in [3.05, 3.63) is 57.6 Å². The fourth-order valence-corrected chi connectivity index (χ4v) is 4.35. The monoisotopic (exact) mass is 493 g/mol. The maximum absolute atomic E-state index is 14.0. The zero-order valence-corrected chi connectivity index (χ0v) is 21.1. The topological polar surface area (TPSA) is 89.3 Å². The van der Waals surface area contributed by atoms with Gasteiger partial charge in [0.25, 0.3) is 0 Å². The van der Waals surface area contributed by atoms with Crippen molar-refractivity contribution in [1.29, 1.82) is 0 Å². The number of hydrogen-bond donors (Lipinski definition) is 3. The van der Waals surface area contributed by atoms with Crippen molar-refractivity contribution in [3.63, 3.8) is 0 Å². The second kappa shape index (κ2) is 13.4. The summed E-state index contributed by atoms with van der Waals surface area (Å²) in [6.07, 6.45) is 11.7. The van der Waals surface area contributed by atoms with Crippen LogP contribution in [0.1, 0.15) is 76.5 Å². The van der Waals surface area contributed by atoms with E-state index in [9.17, 15) is 4.39 Å². The first-order valence-electron chi connectivity index (χ1n) is 11.4. The molecule has 1 heterocycles. The number of nitrogens with one attached hydrogen (secondary N) is 1. The Morgan fingerprint density at radius 3 is 2.64 bits per heavy atom. The average molecular weight is 494 g/mol. The molecule has 0 bridgehead atoms. The first-order valence-corrected chi connectivity index (χ1v) is 12.2. The fraction of sp³-hybridized carbons (Fsp3) is 0.440. The van der Waals surface area contributed by atoms with Crippen LogP contribution >= 0.6 is 23.2 Å². The van der Waals surface area contributed by atoms with Gasteiger partial charge in [-0.2, -0.15) is 0 Å². The molecule has 2 rings (SSSR count). The number of allylic oxidation sites excluding steroid dienone is 1. The number of unbranched alkanes of at least 4 members (excludes halogenated alkanes) is 2. The molecule has 0 aliphatic rings. The summed E-state index contributed by atoms with van der Waals surface area (Å²) in [6, 6.07) is 4.42. The van der Waals surface area contributed by atoms with E-state index in [1.165, 1.54) is 37.6 Å². The minimum absolute atomic E-state index is 0.0232. The quantitative estimate of drug-likeness (QED) is 0.163. The van der Waals surface area contributed by atoms with Crippen molar-refractivity contribution < 1.29 is 4.39 Å². The minimum Gasteiger partial charge on any atom is -0.404 e. The van der Waals surface area contributed by atoms with Gasteiger partial charge in [0.15, 0.2) is 0 Å². The molecule has 2 atom stereocenters. The Labute approximate surface area is 206 Å². The van der Waals surface area contributed by atoms with Crippen LogP contribution in [0.4, 0.5) is 15.9 Å². The number of anilines is 2. The van der Waals surface area contributed by atoms with Crippen molar-refractivity contribution in [2.75, 3.05) is 11.1 Å². The summed E-state index contributed by atoms with van der Waals surface area (Å²) in [5.41, 5.74) is 14.5. The van der Waals surface area contributed by atoms with Crippen molar-refractivity contribution in [3.8, 4) is 0 Å². The largest absolute Gasteiger partial charge is 0.404 e. The smallest absolute Gasteiger partial charge is 0.146 e. The number of nitrogens with two attached hydrogens (primary N) is 2. The van der Waals surface area contributed by atoms with E-state index in [-0.39, 0.29) is 11.1 Å². The van der Waals surface area contributed by atoms with E-state index in [1.807, 2.05) is 19.2 Å². The zero-order chi connectivity index (χ0) is 24.4. The van der Waals surface area contributed by atoms with Gasteiger partial charge < -0.3 is 16.8 Å². The van der Waals surface area contributed by atoms with E-state index in [4.69, 9.17) is 39.7 Å². The van der Waals surface area contributed by atoms with Gasteiger partial charge in [-0.25, -0.2) is 9.37 Å². The lowest BCUT2D eigenvalue weighted by Crippen LogP contribution is -2.11. The lowest BCUT2D eigenvalue weighted by atomic mass is 10.0. The summed E-state index contributed by atoms with van der Waals surface area (Å²) in [5.74, 6) is -0.235. The van der Waals surface area contributed by atoms with Gasteiger partial charge in [0.05, 0.1) is 16.8 Å². The molecule has 8 heteroatoms. The highest BCUT2D eigenvalue weighted by Crippen LogP contribution is 2.35. The third-order valence-corrected chi connectivity index (χ3v) is 6.22. The molecule has 5 N–H and O–H groups in total. The third-order valence-electron chi connectivity index (χ3n) is 5.50. The normalized spacial score (nSPS) is 13.9. The molecule has 0 radical (unpaired) electrons. The Morgan fingerprint density at radius 2 is 1.97 bits per heavy atom. The number of aromatic nitrogens is 1. The first-order chi connectivity index (χ1) is 15.8. The van der Waals surface area contributed by atoms with Crippen LogP contribution < -0.4 is 16.8 Å². The van der Waals surface area contributed by atoms with Gasteiger partial charge in [-0.15, -0.1) is 0 Å². The Hall–Kier alpha value is -2.31. The number of benzene rings is 1. The molecule has 0 aliphatic heterocycles. The zero-order valence-electron chi connectivity index (χ0n) is 19.5. The third kappa shape index (κ3) is 7.61. The summed E-state index contributed by atoms with van der Waals surface area (Å²) >= 11 is 12.4. The lowest BCUT2D eigenvalue weighted by Gasteiger charge is -2.20. The molecule has 0 saturated heterocycles. The number of rotatable bonds is 12. The van der Waals surface area contributed by atoms with Gasteiger partial charge in [-0.05, 0) is 38.0 Å². The number of nitrogen functional groups attached to an aromatic ring is 1. The average Bonchev–Trinajstić information content (AvgIpc) is 2.79. The number of aliphatic imine (C=N–C) groups is 1. The van der Waals surface area contributed by atoms with Crippen LogP contribution in [-0.4, -0.2) is 17.2 Å². The number of nitrogens with zero attached hydrogens (tertiary/aromatic N) is 2. The Morgan fingerprint density at radius 1 is 1.21 bits per heavy atom. The predicted octanol–water partition coefficient (Wildman–Crippen LogP) is 7.40. The van der Waals surface area contributed by atoms with Crippen molar-refractivity contribution in [1.82, 2.24) is 4.98 Å². The second-order valence-electron chi connectivity index (χ2n) is 8.12. The fourth-order valence-electron chi connectivity index (χ4n) is 3.65. The van der Waals surface area contributed by atoms with E-state index in [1.54, 1.807) is 6.20 Å². The van der Waals surface area contributed by atoms with Crippen molar-refractivity contribution in [2.24, 2.45) is 10.7 Å². The van der Waals surface area contributed by atoms with Crippen LogP contribution in [0.15, 0.2) is 35.6 Å². The summed E-state index contributed by atoms with van der Waals surface area (Å²) < 4.78 is 14.0. The van der Waals surface area contributed by atoms with Crippen molar-refractivity contribution >= 4 is 46.5 Å². The van der Waals surface area contributed by atoms with Crippen LogP contribution in [0.2, 0.25) is 10.0 Å². The van der Waals surface area contributed by atoms with E-state index in [0.717, 1.165) is 30.4 Å². The minimum atomic E-state index is -0.533. The lowest BCUT2D eigenvalue weighted by molar-refractivity contribution is 0.528. The Kier molecular flexibility index (Phi) is 10.9. The van der Waals surface area contributed by atoms with Crippen LogP contribution in [0.3, 0.4) is 0 Å². The maximum atomic E-state index is 14.0. The number of hydrogen-bond acceptors (Lipinski definition) is 5. The van der Waals surface area contributed by atoms with E-state index < -0.39 is 11.9 Å². The summed E-state index contributed by atoms with van der Waals surface area (Å²) in [4.78, 5) is 9.10. The highest BCUT2D eigenvalue weighted by molar-refractivity contribution is 6.36. The molecule has 180 valence electrons. The van der Waals surface area contributed by atoms with Crippen LogP contribution in [0.5, 0.6) is 0 Å². The molecule has 0 saturated carbocycles. The van der Waals surface area contributed by atoms with E-state index >= 15 is 0 Å². The molecule has 1 aromatic carbocycles. The van der Waals surface area contributed by atoms with Gasteiger partial charge in [0.1, 0.15) is 11.6 Å². The van der Waals surface area contributed by atoms with Crippen molar-refractivity contribution in [2.45, 2.75) is 71.4 Å². The number of halogens is 3. The SMILES string of the molecule is CCCCCC(CCC)N=CC(=CN)c1cnc(N)c(NC(C)c2c(Cl)ccc(F)c2Cl)c1. The van der Waals surface area contributed by atoms with Gasteiger partial charge in [0.2, 0.25) is 0 Å². The second-order valence-corrected chi connectivity index (χ2v) is 8.90. The molecular formula is C25H34Cl2FN5. The van der Waals surface area contributed by atoms with Gasteiger partial charge in [-0.1, -0.05) is 62.7 Å². The molecule has 0 fully saturated rings. The molecule has 5 nitrogen and oxygen atoms in total. The molecular weight excluding hydrogens is 460 g/mol.